The summed E-state index contributed by atoms with van der Waals surface area (Å²) in [6.07, 6.45) is -2.68. The number of halogens is 3. The number of hydrogen-bond donors (Lipinski definition) is 2. The molecule has 36 heavy (non-hydrogen) atoms. The van der Waals surface area contributed by atoms with Crippen LogP contribution in [-0.2, 0) is 34.8 Å². The Hall–Kier alpha value is -2.70. The zero-order valence-electron chi connectivity index (χ0n) is 20.6. The number of aromatic nitrogens is 3. The minimum absolute atomic E-state index is 0.0438. The number of benzene rings is 1. The summed E-state index contributed by atoms with van der Waals surface area (Å²) in [5, 5.41) is 20.7. The molecule has 0 spiro atoms. The molecular weight excluding hydrogens is 497 g/mol. The second-order valence-electron chi connectivity index (χ2n) is 10.0. The highest BCUT2D eigenvalue weighted by molar-refractivity contribution is 7.90. The molecule has 0 saturated carbocycles. The van der Waals surface area contributed by atoms with Crippen LogP contribution in [-0.4, -0.2) is 46.0 Å². The summed E-state index contributed by atoms with van der Waals surface area (Å²) in [5.74, 6) is -0.162. The van der Waals surface area contributed by atoms with Crippen molar-refractivity contribution in [2.75, 3.05) is 17.7 Å². The Morgan fingerprint density at radius 3 is 2.36 bits per heavy atom. The Morgan fingerprint density at radius 1 is 1.17 bits per heavy atom. The lowest BCUT2D eigenvalue weighted by atomic mass is 9.96. The number of fused-ring (bicyclic) bond motifs is 3. The SMILES string of the molecule is CC(C)[C@H]1c2cc3cc(CO)c(S(C)(=O)=O)cc3n2CCN1c1ncc(C(C)(C)O)c(C(F)(F)F)n1. The summed E-state index contributed by atoms with van der Waals surface area (Å²) in [6.45, 7) is 6.57. The summed E-state index contributed by atoms with van der Waals surface area (Å²) in [7, 11) is -3.59. The van der Waals surface area contributed by atoms with Crippen LogP contribution in [0, 0.1) is 5.92 Å². The van der Waals surface area contributed by atoms with Crippen molar-refractivity contribution < 1.29 is 31.8 Å². The molecule has 1 aliphatic heterocycles. The average Bonchev–Trinajstić information content (AvgIpc) is 3.12. The zero-order chi connectivity index (χ0) is 26.8. The van der Waals surface area contributed by atoms with Gasteiger partial charge < -0.3 is 19.7 Å². The fraction of sp³-hybridized carbons (Fsp3) is 0.500. The maximum atomic E-state index is 13.9. The van der Waals surface area contributed by atoms with Gasteiger partial charge in [-0.1, -0.05) is 13.8 Å². The topological polar surface area (TPSA) is 109 Å². The first-order valence-corrected chi connectivity index (χ1v) is 13.3. The number of nitrogens with zero attached hydrogens (tertiary/aromatic N) is 4. The molecule has 1 aromatic carbocycles. The molecule has 0 amide bonds. The lowest BCUT2D eigenvalue weighted by Crippen LogP contribution is -2.42. The Bertz CT molecular complexity index is 1430. The number of rotatable bonds is 5. The summed E-state index contributed by atoms with van der Waals surface area (Å²) in [4.78, 5) is 9.84. The van der Waals surface area contributed by atoms with Gasteiger partial charge in [0, 0.05) is 47.7 Å². The molecule has 2 N–H and O–H groups in total. The minimum Gasteiger partial charge on any atom is -0.392 e. The third-order valence-electron chi connectivity index (χ3n) is 6.48. The van der Waals surface area contributed by atoms with Crippen LogP contribution in [0.1, 0.15) is 56.3 Å². The summed E-state index contributed by atoms with van der Waals surface area (Å²) >= 11 is 0. The van der Waals surface area contributed by atoms with Gasteiger partial charge in [-0.2, -0.15) is 13.2 Å². The molecule has 3 aromatic rings. The van der Waals surface area contributed by atoms with Crippen molar-refractivity contribution in [1.82, 2.24) is 14.5 Å². The minimum atomic E-state index is -4.78. The van der Waals surface area contributed by atoms with Crippen LogP contribution in [0.25, 0.3) is 10.9 Å². The van der Waals surface area contributed by atoms with Gasteiger partial charge in [0.05, 0.1) is 23.1 Å². The molecule has 0 fully saturated rings. The Labute approximate surface area is 207 Å². The molecule has 0 saturated heterocycles. The number of alkyl halides is 3. The van der Waals surface area contributed by atoms with E-state index in [4.69, 9.17) is 0 Å². The monoisotopic (exact) mass is 526 g/mol. The lowest BCUT2D eigenvalue weighted by Gasteiger charge is -2.40. The van der Waals surface area contributed by atoms with Crippen LogP contribution in [0.4, 0.5) is 19.1 Å². The van der Waals surface area contributed by atoms with Crippen LogP contribution >= 0.6 is 0 Å². The Kier molecular flexibility index (Phi) is 6.37. The third kappa shape index (κ3) is 4.57. The maximum absolute atomic E-state index is 13.9. The van der Waals surface area contributed by atoms with Gasteiger partial charge in [-0.3, -0.25) is 0 Å². The largest absolute Gasteiger partial charge is 0.433 e. The molecule has 12 heteroatoms. The lowest BCUT2D eigenvalue weighted by molar-refractivity contribution is -0.144. The van der Waals surface area contributed by atoms with Crippen molar-refractivity contribution in [2.24, 2.45) is 5.92 Å². The number of aliphatic hydroxyl groups is 2. The van der Waals surface area contributed by atoms with Crippen molar-refractivity contribution in [3.63, 3.8) is 0 Å². The van der Waals surface area contributed by atoms with Crippen LogP contribution in [0.15, 0.2) is 29.3 Å². The molecule has 0 unspecified atom stereocenters. The molecule has 8 nitrogen and oxygen atoms in total. The molecule has 1 aliphatic rings. The van der Waals surface area contributed by atoms with Crippen molar-refractivity contribution in [1.29, 1.82) is 0 Å². The van der Waals surface area contributed by atoms with Gasteiger partial charge in [0.1, 0.15) is 0 Å². The highest BCUT2D eigenvalue weighted by Gasteiger charge is 2.41. The third-order valence-corrected chi connectivity index (χ3v) is 7.66. The number of sulfone groups is 1. The summed E-state index contributed by atoms with van der Waals surface area (Å²) < 4.78 is 68.2. The number of aliphatic hydroxyl groups excluding tert-OH is 1. The van der Waals surface area contributed by atoms with E-state index in [1.807, 2.05) is 24.5 Å². The van der Waals surface area contributed by atoms with E-state index < -0.39 is 45.5 Å². The van der Waals surface area contributed by atoms with E-state index in [0.29, 0.717) is 12.1 Å². The van der Waals surface area contributed by atoms with Crippen molar-refractivity contribution >= 4 is 26.7 Å². The van der Waals surface area contributed by atoms with Gasteiger partial charge in [0.2, 0.25) is 5.95 Å². The Morgan fingerprint density at radius 2 is 1.83 bits per heavy atom. The van der Waals surface area contributed by atoms with Crippen LogP contribution in [0.2, 0.25) is 0 Å². The standard InChI is InChI=1S/C24H29F3N4O4S/c1-13(2)20-18-9-14-8-15(12-32)19(36(5,34)35)10-17(14)30(18)6-7-31(20)22-28-11-16(23(3,4)33)21(29-22)24(25,26)27/h8-11,13,20,32-33H,6-7,12H2,1-5H3/t20-/m0/s1. The van der Waals surface area contributed by atoms with Gasteiger partial charge in [-0.25, -0.2) is 18.4 Å². The van der Waals surface area contributed by atoms with Crippen molar-refractivity contribution in [3.05, 3.63) is 46.9 Å². The highest BCUT2D eigenvalue weighted by atomic mass is 32.2. The first-order chi connectivity index (χ1) is 16.5. The molecule has 0 bridgehead atoms. The molecule has 3 heterocycles. The van der Waals surface area contributed by atoms with E-state index in [0.717, 1.165) is 23.5 Å². The number of anilines is 1. The predicted octanol–water partition coefficient (Wildman–Crippen LogP) is 3.79. The average molecular weight is 527 g/mol. The molecular formula is C24H29F3N4O4S. The van der Waals surface area contributed by atoms with E-state index in [1.54, 1.807) is 17.0 Å². The van der Waals surface area contributed by atoms with E-state index in [-0.39, 0.29) is 28.9 Å². The Balaban J connectivity index is 1.88. The molecule has 0 radical (unpaired) electrons. The highest BCUT2D eigenvalue weighted by Crippen LogP contribution is 2.41. The molecule has 196 valence electrons. The van der Waals surface area contributed by atoms with Gasteiger partial charge in [-0.05, 0) is 43.5 Å². The molecule has 4 rings (SSSR count). The quantitative estimate of drug-likeness (QED) is 0.521. The second-order valence-corrected chi connectivity index (χ2v) is 12.0. The predicted molar refractivity (Wildman–Crippen MR) is 128 cm³/mol. The van der Waals surface area contributed by atoms with E-state index >= 15 is 0 Å². The summed E-state index contributed by atoms with van der Waals surface area (Å²) in [5.41, 5.74) is -1.63. The smallest absolute Gasteiger partial charge is 0.392 e. The second kappa shape index (κ2) is 8.70. The van der Waals surface area contributed by atoms with E-state index in [2.05, 4.69) is 9.97 Å². The molecule has 0 aliphatic carbocycles. The van der Waals surface area contributed by atoms with E-state index in [9.17, 15) is 31.8 Å². The van der Waals surface area contributed by atoms with Gasteiger partial charge in [0.25, 0.3) is 0 Å². The van der Waals surface area contributed by atoms with Crippen LogP contribution < -0.4 is 4.90 Å². The number of hydrogen-bond acceptors (Lipinski definition) is 7. The van der Waals surface area contributed by atoms with Crippen molar-refractivity contribution in [3.8, 4) is 0 Å². The molecule has 1 atom stereocenters. The zero-order valence-corrected chi connectivity index (χ0v) is 21.4. The van der Waals surface area contributed by atoms with E-state index in [1.165, 1.54) is 13.8 Å². The van der Waals surface area contributed by atoms with Gasteiger partial charge >= 0.3 is 6.18 Å². The van der Waals surface area contributed by atoms with Crippen LogP contribution in [0.5, 0.6) is 0 Å². The maximum Gasteiger partial charge on any atom is 0.433 e. The summed E-state index contributed by atoms with van der Waals surface area (Å²) in [6, 6.07) is 4.64. The van der Waals surface area contributed by atoms with Gasteiger partial charge in [-0.15, -0.1) is 0 Å². The first kappa shape index (κ1) is 26.4. The fourth-order valence-electron chi connectivity index (χ4n) is 4.93. The van der Waals surface area contributed by atoms with Crippen LogP contribution in [0.3, 0.4) is 0 Å². The first-order valence-electron chi connectivity index (χ1n) is 11.4. The fourth-order valence-corrected chi connectivity index (χ4v) is 5.85. The normalized spacial score (nSPS) is 17.2. The molecule has 2 aromatic heterocycles. The van der Waals surface area contributed by atoms with Gasteiger partial charge in [0.15, 0.2) is 15.5 Å². The van der Waals surface area contributed by atoms with Crippen molar-refractivity contribution in [2.45, 2.75) is 63.6 Å².